The molecular formula is C12H10F2INO2. The van der Waals surface area contributed by atoms with Crippen molar-refractivity contribution in [2.75, 3.05) is 6.61 Å². The minimum Gasteiger partial charge on any atom is -0.466 e. The van der Waals surface area contributed by atoms with E-state index in [9.17, 15) is 13.6 Å². The lowest BCUT2D eigenvalue weighted by atomic mass is 10.0. The Hall–Kier alpha value is -1.23. The van der Waals surface area contributed by atoms with Gasteiger partial charge in [-0.25, -0.2) is 8.78 Å². The van der Waals surface area contributed by atoms with Crippen molar-refractivity contribution in [3.63, 3.8) is 0 Å². The molecule has 3 nitrogen and oxygen atoms in total. The lowest BCUT2D eigenvalue weighted by Gasteiger charge is -2.09. The first-order chi connectivity index (χ1) is 8.49. The summed E-state index contributed by atoms with van der Waals surface area (Å²) in [7, 11) is 0. The molecule has 18 heavy (non-hydrogen) atoms. The quantitative estimate of drug-likeness (QED) is 0.608. The third-order valence-corrected chi connectivity index (χ3v) is 3.15. The van der Waals surface area contributed by atoms with E-state index >= 15 is 0 Å². The van der Waals surface area contributed by atoms with Gasteiger partial charge in [0.05, 0.1) is 24.7 Å². The van der Waals surface area contributed by atoms with Gasteiger partial charge >= 0.3 is 5.97 Å². The highest BCUT2D eigenvalue weighted by molar-refractivity contribution is 14.1. The molecule has 0 saturated heterocycles. The molecule has 0 aliphatic rings. The van der Waals surface area contributed by atoms with E-state index < -0.39 is 12.4 Å². The molecule has 1 aromatic rings. The van der Waals surface area contributed by atoms with Crippen LogP contribution in [0, 0.1) is 14.9 Å². The van der Waals surface area contributed by atoms with Gasteiger partial charge in [-0.3, -0.25) is 4.79 Å². The molecule has 0 unspecified atom stereocenters. The Morgan fingerprint density at radius 2 is 2.22 bits per heavy atom. The minimum absolute atomic E-state index is 0.0822. The van der Waals surface area contributed by atoms with Gasteiger partial charge in [0.2, 0.25) is 0 Å². The highest BCUT2D eigenvalue weighted by Crippen LogP contribution is 2.27. The lowest BCUT2D eigenvalue weighted by molar-refractivity contribution is -0.142. The SMILES string of the molecule is CCOC(=O)Cc1cc(I)c(C(F)F)cc1C#N. The summed E-state index contributed by atoms with van der Waals surface area (Å²) in [5.74, 6) is -0.477. The third-order valence-electron chi connectivity index (χ3n) is 2.22. The molecule has 6 heteroatoms. The molecule has 0 saturated carbocycles. The summed E-state index contributed by atoms with van der Waals surface area (Å²) in [6.45, 7) is 1.92. The number of hydrogen-bond acceptors (Lipinski definition) is 3. The number of rotatable bonds is 4. The van der Waals surface area contributed by atoms with E-state index in [-0.39, 0.29) is 24.2 Å². The van der Waals surface area contributed by atoms with Gasteiger partial charge in [-0.15, -0.1) is 0 Å². The Labute approximate surface area is 117 Å². The third kappa shape index (κ3) is 3.63. The normalized spacial score (nSPS) is 10.2. The average molecular weight is 365 g/mol. The smallest absolute Gasteiger partial charge is 0.310 e. The van der Waals surface area contributed by atoms with Gasteiger partial charge in [0, 0.05) is 9.13 Å². The summed E-state index contributed by atoms with van der Waals surface area (Å²) in [5, 5.41) is 8.91. The largest absolute Gasteiger partial charge is 0.466 e. The fourth-order valence-electron chi connectivity index (χ4n) is 1.42. The topological polar surface area (TPSA) is 50.1 Å². The molecule has 0 aliphatic carbocycles. The number of nitrogens with zero attached hydrogens (tertiary/aromatic N) is 1. The van der Waals surface area contributed by atoms with Crippen LogP contribution in [0.1, 0.15) is 30.0 Å². The van der Waals surface area contributed by atoms with E-state index in [2.05, 4.69) is 0 Å². The van der Waals surface area contributed by atoms with Crippen LogP contribution in [0.4, 0.5) is 8.78 Å². The Kier molecular flexibility index (Phi) is 5.47. The number of hydrogen-bond donors (Lipinski definition) is 0. The van der Waals surface area contributed by atoms with Crippen molar-refractivity contribution in [2.24, 2.45) is 0 Å². The van der Waals surface area contributed by atoms with Crippen molar-refractivity contribution in [1.82, 2.24) is 0 Å². The summed E-state index contributed by atoms with van der Waals surface area (Å²) in [4.78, 5) is 11.3. The van der Waals surface area contributed by atoms with Crippen LogP contribution in [-0.4, -0.2) is 12.6 Å². The fraction of sp³-hybridized carbons (Fsp3) is 0.333. The molecule has 96 valence electrons. The summed E-state index contributed by atoms with van der Waals surface area (Å²) in [6, 6.07) is 4.38. The van der Waals surface area contributed by atoms with E-state index in [1.54, 1.807) is 29.5 Å². The molecule has 0 bridgehead atoms. The fourth-order valence-corrected chi connectivity index (χ4v) is 2.18. The highest BCUT2D eigenvalue weighted by atomic mass is 127. The Bertz CT molecular complexity index is 498. The van der Waals surface area contributed by atoms with Crippen LogP contribution in [0.3, 0.4) is 0 Å². The van der Waals surface area contributed by atoms with Crippen molar-refractivity contribution in [3.8, 4) is 6.07 Å². The van der Waals surface area contributed by atoms with Gasteiger partial charge in [0.15, 0.2) is 0 Å². The van der Waals surface area contributed by atoms with Gasteiger partial charge in [-0.1, -0.05) is 0 Å². The van der Waals surface area contributed by atoms with E-state index in [0.717, 1.165) is 6.07 Å². The highest BCUT2D eigenvalue weighted by Gasteiger charge is 2.17. The van der Waals surface area contributed by atoms with Gasteiger partial charge in [-0.05, 0) is 47.2 Å². The average Bonchev–Trinajstić information content (AvgIpc) is 2.29. The molecule has 0 heterocycles. The number of esters is 1. The number of carbonyl (C=O) groups is 1. The van der Waals surface area contributed by atoms with Crippen molar-refractivity contribution in [1.29, 1.82) is 5.26 Å². The van der Waals surface area contributed by atoms with Crippen molar-refractivity contribution in [2.45, 2.75) is 19.8 Å². The zero-order valence-electron chi connectivity index (χ0n) is 9.54. The van der Waals surface area contributed by atoms with Crippen LogP contribution >= 0.6 is 22.6 Å². The maximum absolute atomic E-state index is 12.7. The van der Waals surface area contributed by atoms with Crippen LogP contribution in [0.15, 0.2) is 12.1 Å². The van der Waals surface area contributed by atoms with Crippen molar-refractivity contribution >= 4 is 28.6 Å². The first-order valence-electron chi connectivity index (χ1n) is 5.15. The molecule has 0 N–H and O–H groups in total. The summed E-state index contributed by atoms with van der Waals surface area (Å²) in [5.41, 5.74) is 0.295. The second kappa shape index (κ2) is 6.64. The molecule has 0 aromatic heterocycles. The molecule has 0 radical (unpaired) electrons. The molecule has 0 amide bonds. The van der Waals surface area contributed by atoms with Crippen LogP contribution in [0.5, 0.6) is 0 Å². The standard InChI is InChI=1S/C12H10F2INO2/c1-2-18-11(17)5-7-4-10(15)9(12(13)14)3-8(7)6-16/h3-4,12H,2,5H2,1H3. The van der Waals surface area contributed by atoms with Gasteiger partial charge < -0.3 is 4.74 Å². The maximum atomic E-state index is 12.7. The number of alkyl halides is 2. The zero-order valence-corrected chi connectivity index (χ0v) is 11.7. The molecule has 0 spiro atoms. The van der Waals surface area contributed by atoms with E-state index in [0.29, 0.717) is 9.13 Å². The minimum atomic E-state index is -2.64. The number of halogens is 3. The Balaban J connectivity index is 3.10. The Morgan fingerprint density at radius 3 is 2.72 bits per heavy atom. The summed E-state index contributed by atoms with van der Waals surface area (Å²) >= 11 is 1.76. The maximum Gasteiger partial charge on any atom is 0.310 e. The zero-order chi connectivity index (χ0) is 13.7. The van der Waals surface area contributed by atoms with Crippen LogP contribution in [0.2, 0.25) is 0 Å². The predicted octanol–water partition coefficient (Wildman–Crippen LogP) is 3.21. The molecule has 0 fully saturated rings. The Morgan fingerprint density at radius 1 is 1.56 bits per heavy atom. The first kappa shape index (κ1) is 14.8. The van der Waals surface area contributed by atoms with E-state index in [4.69, 9.17) is 10.00 Å². The number of carbonyl (C=O) groups excluding carboxylic acids is 1. The lowest BCUT2D eigenvalue weighted by Crippen LogP contribution is -2.09. The van der Waals surface area contributed by atoms with Crippen LogP contribution < -0.4 is 0 Å². The van der Waals surface area contributed by atoms with E-state index in [1.165, 1.54) is 6.07 Å². The van der Waals surface area contributed by atoms with Crippen LogP contribution in [-0.2, 0) is 16.0 Å². The number of nitriles is 1. The number of benzene rings is 1. The van der Waals surface area contributed by atoms with Crippen molar-refractivity contribution < 1.29 is 18.3 Å². The monoisotopic (exact) mass is 365 g/mol. The van der Waals surface area contributed by atoms with Gasteiger partial charge in [-0.2, -0.15) is 5.26 Å². The molecule has 1 rings (SSSR count). The molecular weight excluding hydrogens is 355 g/mol. The second-order valence-corrected chi connectivity index (χ2v) is 4.59. The van der Waals surface area contributed by atoms with Gasteiger partial charge in [0.1, 0.15) is 0 Å². The molecule has 1 aromatic carbocycles. The van der Waals surface area contributed by atoms with Crippen LogP contribution in [0.25, 0.3) is 0 Å². The first-order valence-corrected chi connectivity index (χ1v) is 6.23. The van der Waals surface area contributed by atoms with E-state index in [1.807, 2.05) is 6.07 Å². The number of ether oxygens (including phenoxy) is 1. The summed E-state index contributed by atoms with van der Waals surface area (Å²) in [6.07, 6.45) is -2.73. The van der Waals surface area contributed by atoms with Gasteiger partial charge in [0.25, 0.3) is 6.43 Å². The summed E-state index contributed by atoms with van der Waals surface area (Å²) < 4.78 is 30.4. The van der Waals surface area contributed by atoms with Crippen molar-refractivity contribution in [3.05, 3.63) is 32.4 Å². The molecule has 0 aliphatic heterocycles. The predicted molar refractivity (Wildman–Crippen MR) is 69.2 cm³/mol. The second-order valence-electron chi connectivity index (χ2n) is 3.43. The molecule has 0 atom stereocenters.